The predicted octanol–water partition coefficient (Wildman–Crippen LogP) is 2.22. The van der Waals surface area contributed by atoms with Gasteiger partial charge in [-0.15, -0.1) is 0 Å². The Morgan fingerprint density at radius 3 is 2.71 bits per heavy atom. The Balaban J connectivity index is 1.35. The van der Waals surface area contributed by atoms with Crippen LogP contribution in [0, 0.1) is 6.92 Å². The summed E-state index contributed by atoms with van der Waals surface area (Å²) in [4.78, 5) is 32.3. The number of pyridine rings is 1. The summed E-state index contributed by atoms with van der Waals surface area (Å²) in [6.45, 7) is 4.54. The first-order valence-electron chi connectivity index (χ1n) is 9.21. The van der Waals surface area contributed by atoms with Gasteiger partial charge in [0.05, 0.1) is 0 Å². The van der Waals surface area contributed by atoms with Crippen molar-refractivity contribution >= 4 is 22.7 Å². The highest BCUT2D eigenvalue weighted by Gasteiger charge is 2.22. The number of carbonyl (C=O) groups is 1. The molecule has 1 saturated heterocycles. The molecule has 0 saturated carbocycles. The third kappa shape index (κ3) is 3.83. The Morgan fingerprint density at radius 1 is 1.14 bits per heavy atom. The fraction of sp³-hybridized carbons (Fsp3) is 0.286. The van der Waals surface area contributed by atoms with Gasteiger partial charge in [0, 0.05) is 49.9 Å². The van der Waals surface area contributed by atoms with E-state index in [2.05, 4.69) is 9.88 Å². The largest absolute Gasteiger partial charge is 0.484 e. The number of piperazine rings is 1. The first-order valence-corrected chi connectivity index (χ1v) is 9.21. The maximum atomic E-state index is 12.5. The molecule has 1 fully saturated rings. The summed E-state index contributed by atoms with van der Waals surface area (Å²) in [6.07, 6.45) is 1.77. The van der Waals surface area contributed by atoms with Crippen molar-refractivity contribution in [3.8, 4) is 5.75 Å². The molecule has 0 spiro atoms. The van der Waals surface area contributed by atoms with Crippen LogP contribution in [0.3, 0.4) is 0 Å². The maximum Gasteiger partial charge on any atom is 0.336 e. The molecule has 3 aromatic rings. The number of hydrogen-bond donors (Lipinski definition) is 0. The molecule has 28 heavy (non-hydrogen) atoms. The van der Waals surface area contributed by atoms with Gasteiger partial charge in [0.25, 0.3) is 5.91 Å². The summed E-state index contributed by atoms with van der Waals surface area (Å²) in [6, 6.07) is 12.5. The molecule has 1 amide bonds. The first kappa shape index (κ1) is 18.0. The van der Waals surface area contributed by atoms with Crippen molar-refractivity contribution in [2.75, 3.05) is 37.7 Å². The van der Waals surface area contributed by atoms with Crippen molar-refractivity contribution < 1.29 is 13.9 Å². The smallest absolute Gasteiger partial charge is 0.336 e. The summed E-state index contributed by atoms with van der Waals surface area (Å²) in [5.41, 5.74) is 0.905. The van der Waals surface area contributed by atoms with Crippen LogP contribution in [0.25, 0.3) is 11.0 Å². The second-order valence-corrected chi connectivity index (χ2v) is 6.75. The summed E-state index contributed by atoms with van der Waals surface area (Å²) in [5.74, 6) is 1.37. The van der Waals surface area contributed by atoms with Crippen LogP contribution < -0.4 is 15.3 Å². The molecule has 0 N–H and O–H groups in total. The number of carbonyl (C=O) groups excluding carboxylic acids is 1. The number of amides is 1. The second kappa shape index (κ2) is 7.72. The van der Waals surface area contributed by atoms with E-state index in [0.29, 0.717) is 24.4 Å². The third-order valence-electron chi connectivity index (χ3n) is 4.89. The van der Waals surface area contributed by atoms with Crippen molar-refractivity contribution in [3.05, 3.63) is 64.6 Å². The van der Waals surface area contributed by atoms with E-state index in [1.54, 1.807) is 23.2 Å². The third-order valence-corrected chi connectivity index (χ3v) is 4.89. The average Bonchev–Trinajstić information content (AvgIpc) is 2.72. The maximum absolute atomic E-state index is 12.5. The van der Waals surface area contributed by atoms with Gasteiger partial charge in [-0.05, 0) is 36.8 Å². The van der Waals surface area contributed by atoms with Crippen LogP contribution in [0.15, 0.2) is 57.9 Å². The number of nitrogens with zero attached hydrogens (tertiary/aromatic N) is 3. The molecular weight excluding hydrogens is 358 g/mol. The molecule has 7 nitrogen and oxygen atoms in total. The van der Waals surface area contributed by atoms with Gasteiger partial charge in [-0.3, -0.25) is 4.79 Å². The highest BCUT2D eigenvalue weighted by molar-refractivity contribution is 5.82. The molecule has 1 aliphatic rings. The van der Waals surface area contributed by atoms with Crippen LogP contribution in [0.4, 0.5) is 5.82 Å². The number of benzene rings is 1. The minimum absolute atomic E-state index is 0.0505. The van der Waals surface area contributed by atoms with Crippen LogP contribution in [-0.2, 0) is 4.79 Å². The summed E-state index contributed by atoms with van der Waals surface area (Å²) >= 11 is 0. The minimum atomic E-state index is -0.399. The zero-order valence-electron chi connectivity index (χ0n) is 15.6. The number of ether oxygens (including phenoxy) is 1. The quantitative estimate of drug-likeness (QED) is 0.647. The number of anilines is 1. The highest BCUT2D eigenvalue weighted by atomic mass is 16.5. The first-order chi connectivity index (χ1) is 13.6. The van der Waals surface area contributed by atoms with Crippen LogP contribution >= 0.6 is 0 Å². The summed E-state index contributed by atoms with van der Waals surface area (Å²) in [5, 5.41) is 0.851. The molecule has 144 valence electrons. The van der Waals surface area contributed by atoms with E-state index >= 15 is 0 Å². The van der Waals surface area contributed by atoms with Crippen molar-refractivity contribution in [1.29, 1.82) is 0 Å². The fourth-order valence-corrected chi connectivity index (χ4v) is 3.36. The lowest BCUT2D eigenvalue weighted by Crippen LogP contribution is -2.50. The number of aryl methyl sites for hydroxylation is 1. The monoisotopic (exact) mass is 379 g/mol. The van der Waals surface area contributed by atoms with E-state index in [4.69, 9.17) is 9.15 Å². The van der Waals surface area contributed by atoms with Crippen molar-refractivity contribution in [3.63, 3.8) is 0 Å². The molecule has 0 atom stereocenters. The molecule has 4 rings (SSSR count). The molecule has 0 unspecified atom stereocenters. The van der Waals surface area contributed by atoms with Crippen LogP contribution in [0.2, 0.25) is 0 Å². The summed E-state index contributed by atoms with van der Waals surface area (Å²) < 4.78 is 10.9. The lowest BCUT2D eigenvalue weighted by Gasteiger charge is -2.35. The predicted molar refractivity (Wildman–Crippen MR) is 106 cm³/mol. The van der Waals surface area contributed by atoms with Gasteiger partial charge < -0.3 is 19.0 Å². The van der Waals surface area contributed by atoms with Gasteiger partial charge in [0.1, 0.15) is 17.2 Å². The Labute approximate surface area is 162 Å². The molecule has 2 aromatic heterocycles. The number of rotatable bonds is 4. The number of aromatic nitrogens is 1. The minimum Gasteiger partial charge on any atom is -0.484 e. The van der Waals surface area contributed by atoms with Crippen molar-refractivity contribution in [2.45, 2.75) is 6.92 Å². The summed E-state index contributed by atoms with van der Waals surface area (Å²) in [7, 11) is 0. The van der Waals surface area contributed by atoms with E-state index in [9.17, 15) is 9.59 Å². The Kier molecular flexibility index (Phi) is 4.97. The average molecular weight is 379 g/mol. The molecule has 1 aromatic carbocycles. The standard InChI is InChI=1S/C21H21N3O4/c1-15-12-21(26)28-18-13-16(5-6-17(15)18)27-14-20(25)24-10-8-23(9-11-24)19-4-2-3-7-22-19/h2-7,12-13H,8-11,14H2,1H3. The van der Waals surface area contributed by atoms with Crippen LogP contribution in [0.5, 0.6) is 5.75 Å². The molecule has 1 aliphatic heterocycles. The normalized spacial score (nSPS) is 14.3. The lowest BCUT2D eigenvalue weighted by molar-refractivity contribution is -0.133. The molecule has 0 aliphatic carbocycles. The van der Waals surface area contributed by atoms with Gasteiger partial charge in [-0.2, -0.15) is 0 Å². The van der Waals surface area contributed by atoms with E-state index in [1.165, 1.54) is 6.07 Å². The van der Waals surface area contributed by atoms with Crippen molar-refractivity contribution in [2.24, 2.45) is 0 Å². The van der Waals surface area contributed by atoms with Gasteiger partial charge in [0.15, 0.2) is 6.61 Å². The molecule has 3 heterocycles. The van der Waals surface area contributed by atoms with Crippen molar-refractivity contribution in [1.82, 2.24) is 9.88 Å². The van der Waals surface area contributed by atoms with Gasteiger partial charge in [-0.25, -0.2) is 9.78 Å². The van der Waals surface area contributed by atoms with Gasteiger partial charge >= 0.3 is 5.63 Å². The topological polar surface area (TPSA) is 75.9 Å². The fourth-order valence-electron chi connectivity index (χ4n) is 3.36. The zero-order chi connectivity index (χ0) is 19.5. The van der Waals surface area contributed by atoms with Gasteiger partial charge in [0.2, 0.25) is 0 Å². The molecular formula is C21H21N3O4. The molecule has 0 bridgehead atoms. The molecule has 0 radical (unpaired) electrons. The SMILES string of the molecule is Cc1cc(=O)oc2cc(OCC(=O)N3CCN(c4ccccn4)CC3)ccc12. The van der Waals surface area contributed by atoms with Gasteiger partial charge in [-0.1, -0.05) is 6.07 Å². The highest BCUT2D eigenvalue weighted by Crippen LogP contribution is 2.22. The number of hydrogen-bond acceptors (Lipinski definition) is 6. The van der Waals surface area contributed by atoms with Crippen LogP contribution in [0.1, 0.15) is 5.56 Å². The zero-order valence-corrected chi connectivity index (χ0v) is 15.6. The van der Waals surface area contributed by atoms with E-state index in [0.717, 1.165) is 29.9 Å². The Morgan fingerprint density at radius 2 is 1.96 bits per heavy atom. The number of fused-ring (bicyclic) bond motifs is 1. The Bertz CT molecular complexity index is 1040. The van der Waals surface area contributed by atoms with E-state index < -0.39 is 5.63 Å². The van der Waals surface area contributed by atoms with Crippen LogP contribution in [-0.4, -0.2) is 48.6 Å². The second-order valence-electron chi connectivity index (χ2n) is 6.75. The molecule has 7 heteroatoms. The van der Waals surface area contributed by atoms with E-state index in [-0.39, 0.29) is 12.5 Å². The Hall–Kier alpha value is -3.35. The van der Waals surface area contributed by atoms with E-state index in [1.807, 2.05) is 31.2 Å². The lowest BCUT2D eigenvalue weighted by atomic mass is 10.1.